The molecule has 0 amide bonds. The zero-order valence-electron chi connectivity index (χ0n) is 14.9. The molecule has 18 radical (unpaired) electrons. The van der Waals surface area contributed by atoms with Crippen LogP contribution in [0.5, 0.6) is 0 Å². The van der Waals surface area contributed by atoms with Crippen molar-refractivity contribution in [2.75, 3.05) is 0 Å². The smallest absolute Gasteiger partial charge is 0 e. The first-order chi connectivity index (χ1) is 3.93. The molecular weight excluding hydrogens is 1700 g/mol. The van der Waals surface area contributed by atoms with E-state index in [1.54, 1.807) is 0 Å². The largest absolute Gasteiger partial charge is 0.344 e. The first-order valence-corrected chi connectivity index (χ1v) is 2.45. The van der Waals surface area contributed by atoms with Gasteiger partial charge in [-0.25, -0.2) is 12.1 Å². The molecule has 0 aromatic heterocycles. The van der Waals surface area contributed by atoms with Crippen molar-refractivity contribution in [1.29, 1.82) is 0 Å². The van der Waals surface area contributed by atoms with E-state index < -0.39 is 0 Å². The van der Waals surface area contributed by atoms with Crippen LogP contribution in [-0.2, 0) is 589 Å². The molecule has 26 heavy (non-hydrogen) atoms. The summed E-state index contributed by atoms with van der Waals surface area (Å²) in [6, 6.07) is 10.5. The first-order valence-electron chi connectivity index (χ1n) is 2.45. The molecule has 0 unspecified atom stereocenters. The van der Waals surface area contributed by atoms with E-state index in [-0.39, 0.29) is 589 Å². The van der Waals surface area contributed by atoms with Crippen molar-refractivity contribution in [2.24, 2.45) is 0 Å². The molecule has 0 saturated carbocycles. The Bertz CT molecular complexity index is 186. The van der Waals surface area contributed by atoms with Crippen LogP contribution in [-0.4, -0.2) is 0 Å². The summed E-state index contributed by atoms with van der Waals surface area (Å²) in [6.07, 6.45) is 1.53. The van der Waals surface area contributed by atoms with E-state index in [0.29, 0.717) is 0 Å². The van der Waals surface area contributed by atoms with Gasteiger partial charge in [0, 0.05) is 589 Å². The average molecular weight is 1700 g/mol. The van der Waals surface area contributed by atoms with Crippen LogP contribution in [0, 0.1) is 12.6 Å². The van der Waals surface area contributed by atoms with Crippen LogP contribution in [0.15, 0.2) is 24.3 Å². The van der Waals surface area contributed by atoms with Crippen LogP contribution in [0.4, 0.5) is 0 Å². The van der Waals surface area contributed by atoms with E-state index in [2.05, 4.69) is 6.07 Å². The molecule has 18 heteroatoms. The molecule has 0 bridgehead atoms. The molecule has 0 fully saturated rings. The van der Waals surface area contributed by atoms with Crippen molar-refractivity contribution in [3.8, 4) is 0 Å². The van der Waals surface area contributed by atoms with Gasteiger partial charge >= 0.3 is 0 Å². The Hall–Kier alpha value is 18.8. The van der Waals surface area contributed by atoms with Gasteiger partial charge in [-0.15, -0.1) is 6.07 Å². The van der Waals surface area contributed by atoms with Gasteiger partial charge in [0.1, 0.15) is 0 Å². The Labute approximate surface area is 614 Å². The molecule has 1 rings (SSSR count). The predicted octanol–water partition coefficient (Wildman–Crippen LogP) is 1.89. The summed E-state index contributed by atoms with van der Waals surface area (Å²) < 4.78 is 0. The third-order valence-electron chi connectivity index (χ3n) is 0.913. The van der Waals surface area contributed by atoms with Gasteiger partial charge in [-0.3, -0.25) is 0 Å². The van der Waals surface area contributed by atoms with E-state index in [4.69, 9.17) is 6.58 Å². The second-order valence-electron chi connectivity index (χ2n) is 1.48. The first kappa shape index (κ1) is 120. The SMILES string of the molecule is [CH-]=Cc1[c-]cccc1.[Y].[Y].[Y].[Y].[Y].[Y].[Y].[Y].[Y].[Y].[Y].[Y].[Y].[Y].[Y].[Y].[Y].[Y]. The quantitative estimate of drug-likeness (QED) is 0.378. The van der Waals surface area contributed by atoms with Crippen LogP contribution < -0.4 is 0 Å². The van der Waals surface area contributed by atoms with Gasteiger partial charge in [-0.05, 0) is 0 Å². The molecule has 1 aromatic rings. The van der Waals surface area contributed by atoms with Gasteiger partial charge in [-0.2, -0.15) is 12.1 Å². The number of benzene rings is 1. The fraction of sp³-hybridized carbons (Fsp3) is 0. The molecule has 0 atom stereocenters. The molecule has 0 aliphatic rings. The zero-order chi connectivity index (χ0) is 5.82. The third-order valence-corrected chi connectivity index (χ3v) is 0.913. The van der Waals surface area contributed by atoms with Gasteiger partial charge in [0.2, 0.25) is 0 Å². The van der Waals surface area contributed by atoms with Crippen molar-refractivity contribution >= 4 is 6.08 Å². The summed E-state index contributed by atoms with van der Waals surface area (Å²) in [6.45, 7) is 5.19. The van der Waals surface area contributed by atoms with Crippen molar-refractivity contribution in [1.82, 2.24) is 0 Å². The summed E-state index contributed by atoms with van der Waals surface area (Å²) in [5.41, 5.74) is 0.938. The minimum Gasteiger partial charge on any atom is -0.344 e. The molecule has 94 valence electrons. The predicted molar refractivity (Wildman–Crippen MR) is 34.0 cm³/mol. The Morgan fingerprint density at radius 1 is 0.500 bits per heavy atom. The normalized spacial score (nSPS) is 2.62. The summed E-state index contributed by atoms with van der Waals surface area (Å²) >= 11 is 0. The second-order valence-corrected chi connectivity index (χ2v) is 1.48. The summed E-state index contributed by atoms with van der Waals surface area (Å²) in [5, 5.41) is 0. The van der Waals surface area contributed by atoms with Crippen molar-refractivity contribution < 1.29 is 589 Å². The maximum atomic E-state index is 5.19. The fourth-order valence-electron chi connectivity index (χ4n) is 0.511. The molecule has 0 nitrogen and oxygen atoms in total. The molecule has 0 aliphatic carbocycles. The van der Waals surface area contributed by atoms with Gasteiger partial charge in [0.25, 0.3) is 0 Å². The van der Waals surface area contributed by atoms with Gasteiger partial charge < -0.3 is 18.2 Å². The fourth-order valence-corrected chi connectivity index (χ4v) is 0.511. The minimum atomic E-state index is 0. The summed E-state index contributed by atoms with van der Waals surface area (Å²) in [7, 11) is 0. The van der Waals surface area contributed by atoms with Crippen LogP contribution >= 0.6 is 0 Å². The van der Waals surface area contributed by atoms with Crippen molar-refractivity contribution in [3.05, 3.63) is 42.5 Å². The van der Waals surface area contributed by atoms with Crippen LogP contribution in [0.3, 0.4) is 0 Å². The number of rotatable bonds is 1. The molecule has 0 spiro atoms. The monoisotopic (exact) mass is 1700 g/mol. The van der Waals surface area contributed by atoms with Crippen molar-refractivity contribution in [2.45, 2.75) is 0 Å². The van der Waals surface area contributed by atoms with Crippen LogP contribution in [0.2, 0.25) is 0 Å². The average Bonchev–Trinajstić information content (AvgIpc) is 1.90. The maximum absolute atomic E-state index is 5.19. The van der Waals surface area contributed by atoms with Crippen molar-refractivity contribution in [3.63, 3.8) is 0 Å². The van der Waals surface area contributed by atoms with Crippen LogP contribution in [0.1, 0.15) is 5.56 Å². The molecule has 0 aliphatic heterocycles. The van der Waals surface area contributed by atoms with Gasteiger partial charge in [0.05, 0.1) is 0 Å². The molecule has 0 heterocycles. The third kappa shape index (κ3) is 90.2. The number of hydrogen-bond donors (Lipinski definition) is 0. The molecule has 0 saturated heterocycles. The van der Waals surface area contributed by atoms with E-state index in [1.165, 1.54) is 6.08 Å². The Morgan fingerprint density at radius 3 is 0.885 bits per heavy atom. The number of hydrogen-bond acceptors (Lipinski definition) is 0. The second kappa shape index (κ2) is 104. The minimum absolute atomic E-state index is 0. The topological polar surface area (TPSA) is 0 Å². The zero-order valence-corrected chi connectivity index (χ0v) is 65.9. The van der Waals surface area contributed by atoms with Crippen LogP contribution in [0.25, 0.3) is 6.08 Å². The van der Waals surface area contributed by atoms with E-state index in [1.807, 2.05) is 24.3 Å². The Balaban J connectivity index is -0.00000000222. The van der Waals surface area contributed by atoms with E-state index in [0.717, 1.165) is 5.56 Å². The van der Waals surface area contributed by atoms with Gasteiger partial charge in [0.15, 0.2) is 0 Å². The maximum Gasteiger partial charge on any atom is 0 e. The molecule has 0 N–H and O–H groups in total. The standard InChI is InChI=1S/C8H6.18Y/c1-2-8-6-4-3-5-7-8;;;;;;;;;;;;;;;;;;/h1-6H;;;;;;;;;;;;;;;;;;/q-2;;;;;;;;;;;;;;;;;;. The summed E-state index contributed by atoms with van der Waals surface area (Å²) in [5.74, 6) is 0. The van der Waals surface area contributed by atoms with Gasteiger partial charge in [-0.1, -0.05) is 0 Å². The van der Waals surface area contributed by atoms with E-state index >= 15 is 0 Å². The summed E-state index contributed by atoms with van der Waals surface area (Å²) in [4.78, 5) is 0. The Kier molecular flexibility index (Phi) is 478. The molecule has 1 aromatic carbocycles. The Morgan fingerprint density at radius 2 is 0.769 bits per heavy atom. The molecular formula is C8H6Y18-2. The van der Waals surface area contributed by atoms with E-state index in [9.17, 15) is 0 Å².